The maximum Gasteiger partial charge on any atom is 0.194 e. The highest BCUT2D eigenvalue weighted by Gasteiger charge is 2.15. The quantitative estimate of drug-likeness (QED) is 0.645. The second kappa shape index (κ2) is 8.44. The fourth-order valence-electron chi connectivity index (χ4n) is 2.70. The molecule has 1 aliphatic rings. The highest BCUT2D eigenvalue weighted by Crippen LogP contribution is 2.16. The predicted molar refractivity (Wildman–Crippen MR) is 91.5 cm³/mol. The lowest BCUT2D eigenvalue weighted by molar-refractivity contribution is 0.106. The number of nitrogens with zero attached hydrogens (tertiary/aromatic N) is 3. The van der Waals surface area contributed by atoms with E-state index in [0.717, 1.165) is 49.3 Å². The molecule has 0 bridgehead atoms. The summed E-state index contributed by atoms with van der Waals surface area (Å²) in [6.07, 6.45) is 5.67. The maximum absolute atomic E-state index is 6.05. The van der Waals surface area contributed by atoms with Crippen LogP contribution < -0.4 is 5.32 Å². The average molecular weight is 327 g/mol. The van der Waals surface area contributed by atoms with Gasteiger partial charge in [-0.1, -0.05) is 11.6 Å². The highest BCUT2D eigenvalue weighted by molar-refractivity contribution is 6.30. The molecule has 0 spiro atoms. The lowest BCUT2D eigenvalue weighted by Gasteiger charge is -2.22. The van der Waals surface area contributed by atoms with Gasteiger partial charge < -0.3 is 19.5 Å². The van der Waals surface area contributed by atoms with Gasteiger partial charge in [-0.3, -0.25) is 4.99 Å². The standard InChI is InChI=1S/C16H27ClN4O/c1-4-18-16(19-8-7-15-6-5-9-22-15)21(3)12-14-10-13(17)11-20(14)2/h10-11,15H,4-9,12H2,1-3H3,(H,18,19). The molecule has 0 saturated carbocycles. The average Bonchev–Trinajstić information content (AvgIpc) is 3.08. The Hall–Kier alpha value is -1.20. The first-order chi connectivity index (χ1) is 10.6. The van der Waals surface area contributed by atoms with E-state index in [1.54, 1.807) is 0 Å². The number of hydrogen-bond donors (Lipinski definition) is 1. The van der Waals surface area contributed by atoms with Crippen molar-refractivity contribution in [3.05, 3.63) is 23.0 Å². The number of aliphatic imine (C=N–C) groups is 1. The maximum atomic E-state index is 6.05. The van der Waals surface area contributed by atoms with Crippen LogP contribution in [0.15, 0.2) is 17.3 Å². The molecule has 5 nitrogen and oxygen atoms in total. The molecule has 2 rings (SSSR count). The van der Waals surface area contributed by atoms with Crippen LogP contribution in [0.3, 0.4) is 0 Å². The van der Waals surface area contributed by atoms with Crippen molar-refractivity contribution in [2.45, 2.75) is 38.8 Å². The number of hydrogen-bond acceptors (Lipinski definition) is 2. The molecular formula is C16H27ClN4O. The molecule has 1 aliphatic heterocycles. The van der Waals surface area contributed by atoms with E-state index in [2.05, 4.69) is 28.8 Å². The van der Waals surface area contributed by atoms with Crippen LogP contribution in [0, 0.1) is 0 Å². The molecule has 0 aliphatic carbocycles. The van der Waals surface area contributed by atoms with Crippen molar-refractivity contribution in [2.24, 2.45) is 12.0 Å². The van der Waals surface area contributed by atoms with E-state index in [4.69, 9.17) is 21.3 Å². The molecule has 1 aromatic heterocycles. The van der Waals surface area contributed by atoms with Crippen LogP contribution >= 0.6 is 11.6 Å². The number of ether oxygens (including phenoxy) is 1. The van der Waals surface area contributed by atoms with E-state index in [1.807, 2.05) is 19.3 Å². The Morgan fingerprint density at radius 2 is 2.41 bits per heavy atom. The number of aryl methyl sites for hydroxylation is 1. The molecule has 1 unspecified atom stereocenters. The van der Waals surface area contributed by atoms with Crippen molar-refractivity contribution >= 4 is 17.6 Å². The van der Waals surface area contributed by atoms with Gasteiger partial charge >= 0.3 is 0 Å². The minimum Gasteiger partial charge on any atom is -0.378 e. The molecule has 1 aromatic rings. The lowest BCUT2D eigenvalue weighted by Crippen LogP contribution is -2.39. The van der Waals surface area contributed by atoms with Crippen LogP contribution in [0.4, 0.5) is 0 Å². The zero-order valence-electron chi connectivity index (χ0n) is 13.8. The summed E-state index contributed by atoms with van der Waals surface area (Å²) in [7, 11) is 4.06. The van der Waals surface area contributed by atoms with Gasteiger partial charge in [0.05, 0.1) is 17.7 Å². The van der Waals surface area contributed by atoms with Crippen molar-refractivity contribution in [1.82, 2.24) is 14.8 Å². The van der Waals surface area contributed by atoms with Crippen LogP contribution in [0.2, 0.25) is 5.02 Å². The fourth-order valence-corrected chi connectivity index (χ4v) is 2.97. The minimum absolute atomic E-state index is 0.392. The Bertz CT molecular complexity index is 494. The van der Waals surface area contributed by atoms with E-state index in [0.29, 0.717) is 6.10 Å². The van der Waals surface area contributed by atoms with Crippen molar-refractivity contribution < 1.29 is 4.74 Å². The summed E-state index contributed by atoms with van der Waals surface area (Å²) in [5, 5.41) is 4.12. The van der Waals surface area contributed by atoms with Gasteiger partial charge in [0, 0.05) is 45.7 Å². The molecule has 6 heteroatoms. The molecule has 1 fully saturated rings. The monoisotopic (exact) mass is 326 g/mol. The Kier molecular flexibility index (Phi) is 6.58. The smallest absolute Gasteiger partial charge is 0.194 e. The van der Waals surface area contributed by atoms with Crippen LogP contribution in [0.25, 0.3) is 0 Å². The largest absolute Gasteiger partial charge is 0.378 e. The van der Waals surface area contributed by atoms with Crippen LogP contribution in [-0.4, -0.2) is 48.3 Å². The van der Waals surface area contributed by atoms with Crippen molar-refractivity contribution in [3.8, 4) is 0 Å². The molecule has 0 amide bonds. The molecule has 0 radical (unpaired) electrons. The Balaban J connectivity index is 1.91. The third kappa shape index (κ3) is 4.92. The molecular weight excluding hydrogens is 300 g/mol. The van der Waals surface area contributed by atoms with Crippen LogP contribution in [0.5, 0.6) is 0 Å². The van der Waals surface area contributed by atoms with E-state index >= 15 is 0 Å². The summed E-state index contributed by atoms with van der Waals surface area (Å²) in [5.74, 6) is 0.929. The normalized spacial score (nSPS) is 18.7. The van der Waals surface area contributed by atoms with Gasteiger partial charge in [0.2, 0.25) is 0 Å². The molecule has 2 heterocycles. The molecule has 22 heavy (non-hydrogen) atoms. The number of rotatable bonds is 6. The van der Waals surface area contributed by atoms with Gasteiger partial charge in [0.25, 0.3) is 0 Å². The summed E-state index contributed by atoms with van der Waals surface area (Å²) in [4.78, 5) is 6.85. The zero-order chi connectivity index (χ0) is 15.9. The molecule has 1 atom stereocenters. The first kappa shape index (κ1) is 17.2. The topological polar surface area (TPSA) is 41.8 Å². The molecule has 124 valence electrons. The third-order valence-corrected chi connectivity index (χ3v) is 4.11. The second-order valence-electron chi connectivity index (χ2n) is 5.78. The molecule has 1 saturated heterocycles. The summed E-state index contributed by atoms with van der Waals surface area (Å²) >= 11 is 6.05. The van der Waals surface area contributed by atoms with Crippen molar-refractivity contribution in [3.63, 3.8) is 0 Å². The number of nitrogens with one attached hydrogen (secondary N) is 1. The highest BCUT2D eigenvalue weighted by atomic mass is 35.5. The van der Waals surface area contributed by atoms with Gasteiger partial charge in [-0.2, -0.15) is 0 Å². The molecule has 1 N–H and O–H groups in total. The second-order valence-corrected chi connectivity index (χ2v) is 6.21. The number of guanidine groups is 1. The Morgan fingerprint density at radius 3 is 3.00 bits per heavy atom. The summed E-state index contributed by atoms with van der Waals surface area (Å²) in [6.45, 7) is 5.42. The zero-order valence-corrected chi connectivity index (χ0v) is 14.6. The van der Waals surface area contributed by atoms with Gasteiger partial charge in [-0.05, 0) is 32.3 Å². The van der Waals surface area contributed by atoms with E-state index in [1.165, 1.54) is 12.8 Å². The molecule has 0 aromatic carbocycles. The van der Waals surface area contributed by atoms with Gasteiger partial charge in [0.1, 0.15) is 0 Å². The number of aromatic nitrogens is 1. The first-order valence-corrected chi connectivity index (χ1v) is 8.39. The van der Waals surface area contributed by atoms with E-state index < -0.39 is 0 Å². The Morgan fingerprint density at radius 1 is 1.59 bits per heavy atom. The van der Waals surface area contributed by atoms with E-state index in [9.17, 15) is 0 Å². The Labute approximate surface area is 138 Å². The van der Waals surface area contributed by atoms with Crippen molar-refractivity contribution in [2.75, 3.05) is 26.7 Å². The van der Waals surface area contributed by atoms with Crippen LogP contribution in [-0.2, 0) is 18.3 Å². The van der Waals surface area contributed by atoms with Gasteiger partial charge in [0.15, 0.2) is 5.96 Å². The van der Waals surface area contributed by atoms with Crippen LogP contribution in [0.1, 0.15) is 31.9 Å². The van der Waals surface area contributed by atoms with Crippen molar-refractivity contribution in [1.29, 1.82) is 0 Å². The number of halogens is 1. The van der Waals surface area contributed by atoms with Gasteiger partial charge in [-0.15, -0.1) is 0 Å². The SMILES string of the molecule is CCNC(=NCCC1CCCO1)N(C)Cc1cc(Cl)cn1C. The predicted octanol–water partition coefficient (Wildman–Crippen LogP) is 2.64. The first-order valence-electron chi connectivity index (χ1n) is 8.02. The summed E-state index contributed by atoms with van der Waals surface area (Å²) in [5.41, 5.74) is 1.16. The third-order valence-electron chi connectivity index (χ3n) is 3.91. The lowest BCUT2D eigenvalue weighted by atomic mass is 10.2. The van der Waals surface area contributed by atoms with E-state index in [-0.39, 0.29) is 0 Å². The summed E-state index contributed by atoms with van der Waals surface area (Å²) in [6, 6.07) is 1.99. The summed E-state index contributed by atoms with van der Waals surface area (Å²) < 4.78 is 7.70. The fraction of sp³-hybridized carbons (Fsp3) is 0.688. The van der Waals surface area contributed by atoms with Gasteiger partial charge in [-0.25, -0.2) is 0 Å². The minimum atomic E-state index is 0.392.